The molecule has 0 fully saturated rings. The monoisotopic (exact) mass is 1250 g/mol. The molecule has 0 aliphatic carbocycles. The van der Waals surface area contributed by atoms with Gasteiger partial charge in [-0.1, -0.05) is 213 Å². The lowest BCUT2D eigenvalue weighted by atomic mass is 9.70. The number of rotatable bonds is 37. The second-order valence-corrected chi connectivity index (χ2v) is 27.2. The van der Waals surface area contributed by atoms with Crippen molar-refractivity contribution >= 4 is 0 Å². The van der Waals surface area contributed by atoms with Crippen LogP contribution in [0.2, 0.25) is 0 Å². The van der Waals surface area contributed by atoms with Crippen molar-refractivity contribution in [3.05, 3.63) is 189 Å². The molecule has 0 radical (unpaired) electrons. The van der Waals surface area contributed by atoms with Crippen LogP contribution in [0.5, 0.6) is 46.0 Å². The smallest absolute Gasteiger partial charge is 0.119 e. The van der Waals surface area contributed by atoms with E-state index >= 15 is 0 Å². The van der Waals surface area contributed by atoms with Gasteiger partial charge in [0.15, 0.2) is 0 Å². The van der Waals surface area contributed by atoms with Gasteiger partial charge in [-0.05, 0) is 139 Å². The van der Waals surface area contributed by atoms with Crippen LogP contribution in [0.4, 0.5) is 0 Å². The summed E-state index contributed by atoms with van der Waals surface area (Å²) in [6.45, 7) is 6.75. The lowest BCUT2D eigenvalue weighted by Crippen LogP contribution is -2.34. The van der Waals surface area contributed by atoms with Gasteiger partial charge in [0, 0.05) is 69.8 Å². The van der Waals surface area contributed by atoms with E-state index in [1.165, 1.54) is 140 Å². The largest absolute Gasteiger partial charge is 0.508 e. The fraction of sp³-hybridized carbons (Fsp3) is 0.500. The van der Waals surface area contributed by atoms with E-state index in [4.69, 9.17) is 0 Å². The first-order valence-electron chi connectivity index (χ1n) is 35.7. The van der Waals surface area contributed by atoms with Gasteiger partial charge < -0.3 is 60.8 Å². The minimum Gasteiger partial charge on any atom is -0.508 e. The number of aromatic nitrogens is 4. The quantitative estimate of drug-likeness (QED) is 0.0167. The Balaban J connectivity index is 1.28. The molecule has 4 aromatic carbocycles. The molecule has 12 N–H and O–H groups in total. The van der Waals surface area contributed by atoms with Crippen molar-refractivity contribution in [2.45, 2.75) is 255 Å². The van der Waals surface area contributed by atoms with Gasteiger partial charge >= 0.3 is 0 Å². The standard InChI is InChI=1S/C80H108N4O8/c1-4-7-10-13-16-19-22-25-28-31-42-78(58-47-63(87)54-64(88)48-58)71-36-34-69(81-71)77(57-45-61(85)53-62(86)46-57)70-35-37-72(82-70)79(59-49-65(89)55-66(90)50-59,43-32-29-26-23-20-17-14-11-8-5-2)74-39-41-76(84-74)80(75-40-38-73(78)83-75,60-51-67(91)56-68(92)52-60)44-33-30-27-24-21-18-15-12-9-6-3/h34-41,45-56,77,81-92H,4-33,42-44H2,1-3H3/t77?,78-,79+,80?. The normalized spacial score (nSPS) is 18.0. The van der Waals surface area contributed by atoms with E-state index in [-0.39, 0.29) is 46.0 Å². The van der Waals surface area contributed by atoms with Gasteiger partial charge in [-0.2, -0.15) is 0 Å². The Morgan fingerprint density at radius 1 is 0.250 bits per heavy atom. The summed E-state index contributed by atoms with van der Waals surface area (Å²) in [5.41, 5.74) is 5.72. The molecule has 8 aromatic rings. The van der Waals surface area contributed by atoms with Crippen LogP contribution in [-0.4, -0.2) is 60.8 Å². The highest BCUT2D eigenvalue weighted by Gasteiger charge is 2.47. The summed E-state index contributed by atoms with van der Waals surface area (Å²) in [5, 5.41) is 92.5. The van der Waals surface area contributed by atoms with E-state index in [1.54, 1.807) is 48.5 Å². The summed E-state index contributed by atoms with van der Waals surface area (Å²) in [4.78, 5) is 16.2. The number of benzene rings is 4. The predicted molar refractivity (Wildman–Crippen MR) is 372 cm³/mol. The molecule has 0 spiro atoms. The third kappa shape index (κ3) is 16.6. The SMILES string of the molecule is CCCCCCCCCCCCC1(c2cc(O)cc(O)c2)c2ccc([nH]2)[C@@](CCCCCCCCCCCC)(c2cc(O)cc(O)c2)c2ccc([nH]2)C(c2cc(O)cc(O)c2)c2ccc([nH]2)[C@@](CCCCCCCCCCCC)(c2cc(O)cc(O)c2)c2ccc1[nH]2. The Morgan fingerprint density at radius 3 is 0.707 bits per heavy atom. The molecular formula is C80H108N4O8. The fourth-order valence-electron chi connectivity index (χ4n) is 15.5. The third-order valence-corrected chi connectivity index (χ3v) is 20.3. The highest BCUT2D eigenvalue weighted by molar-refractivity contribution is 5.59. The number of hydrogen-bond acceptors (Lipinski definition) is 8. The zero-order valence-corrected chi connectivity index (χ0v) is 55.5. The van der Waals surface area contributed by atoms with Crippen LogP contribution >= 0.6 is 0 Å². The second-order valence-electron chi connectivity index (χ2n) is 27.2. The molecule has 9 rings (SSSR count). The molecule has 0 saturated carbocycles. The van der Waals surface area contributed by atoms with E-state index < -0.39 is 22.2 Å². The van der Waals surface area contributed by atoms with Crippen molar-refractivity contribution in [3.8, 4) is 46.0 Å². The first-order chi connectivity index (χ1) is 44.7. The summed E-state index contributed by atoms with van der Waals surface area (Å²) in [6.07, 6.45) is 35.8. The number of nitrogens with one attached hydrogen (secondary N) is 4. The van der Waals surface area contributed by atoms with E-state index in [2.05, 4.69) is 89.2 Å². The minimum absolute atomic E-state index is 0.0725. The van der Waals surface area contributed by atoms with E-state index in [9.17, 15) is 40.9 Å². The summed E-state index contributed by atoms with van der Waals surface area (Å²) >= 11 is 0. The van der Waals surface area contributed by atoms with Gasteiger partial charge in [-0.25, -0.2) is 0 Å². The number of H-pyrrole nitrogens is 4. The van der Waals surface area contributed by atoms with E-state index in [1.807, 2.05) is 0 Å². The predicted octanol–water partition coefficient (Wildman–Crippen LogP) is 21.1. The molecule has 1 aliphatic rings. The maximum Gasteiger partial charge on any atom is 0.119 e. The molecular weight excluding hydrogens is 1140 g/mol. The molecule has 12 nitrogen and oxygen atoms in total. The fourth-order valence-corrected chi connectivity index (χ4v) is 15.5. The Kier molecular flexibility index (Phi) is 24.9. The average Bonchev–Trinajstić information content (AvgIpc) is 0.969. The Hall–Kier alpha value is -7.60. The van der Waals surface area contributed by atoms with Crippen LogP contribution in [0.25, 0.3) is 0 Å². The third-order valence-electron chi connectivity index (χ3n) is 20.3. The summed E-state index contributed by atoms with van der Waals surface area (Å²) < 4.78 is 0. The minimum atomic E-state index is -1.08. The molecule has 2 unspecified atom stereocenters. The second kappa shape index (κ2) is 33.3. The van der Waals surface area contributed by atoms with Gasteiger partial charge in [0.05, 0.1) is 22.2 Å². The summed E-state index contributed by atoms with van der Waals surface area (Å²) in [7, 11) is 0. The number of fused-ring (bicyclic) bond motifs is 8. The van der Waals surface area contributed by atoms with Crippen molar-refractivity contribution in [1.29, 1.82) is 0 Å². The molecule has 0 amide bonds. The molecule has 1 aliphatic heterocycles. The van der Waals surface area contributed by atoms with Crippen LogP contribution in [0.1, 0.15) is 306 Å². The maximum absolute atomic E-state index is 11.7. The lowest BCUT2D eigenvalue weighted by Gasteiger charge is -2.37. The van der Waals surface area contributed by atoms with E-state index in [0.29, 0.717) is 41.5 Å². The molecule has 92 heavy (non-hydrogen) atoms. The van der Waals surface area contributed by atoms with Gasteiger partial charge in [-0.15, -0.1) is 0 Å². The van der Waals surface area contributed by atoms with Gasteiger partial charge in [-0.3, -0.25) is 0 Å². The lowest BCUT2D eigenvalue weighted by molar-refractivity contribution is 0.433. The van der Waals surface area contributed by atoms with Crippen LogP contribution in [0.3, 0.4) is 0 Å². The van der Waals surface area contributed by atoms with Gasteiger partial charge in [0.25, 0.3) is 0 Å². The topological polar surface area (TPSA) is 225 Å². The van der Waals surface area contributed by atoms with Crippen molar-refractivity contribution < 1.29 is 40.9 Å². The Labute approximate surface area is 548 Å². The maximum atomic E-state index is 11.7. The van der Waals surface area contributed by atoms with Crippen LogP contribution in [0, 0.1) is 0 Å². The molecule has 496 valence electrons. The zero-order chi connectivity index (χ0) is 64.9. The molecule has 4 atom stereocenters. The Morgan fingerprint density at radius 2 is 0.457 bits per heavy atom. The van der Waals surface area contributed by atoms with Gasteiger partial charge in [0.2, 0.25) is 0 Å². The first-order valence-corrected chi connectivity index (χ1v) is 35.7. The molecule has 8 bridgehead atoms. The molecule has 0 saturated heterocycles. The number of phenols is 8. The number of aromatic hydroxyl groups is 8. The number of hydrogen-bond donors (Lipinski definition) is 12. The summed E-state index contributed by atoms with van der Waals surface area (Å²) in [5.74, 6) is -1.28. The van der Waals surface area contributed by atoms with Crippen molar-refractivity contribution in [2.75, 3.05) is 0 Å². The number of unbranched alkanes of at least 4 members (excludes halogenated alkanes) is 27. The molecule has 4 aromatic heterocycles. The number of phenolic OH excluding ortho intramolecular Hbond substituents is 8. The zero-order valence-electron chi connectivity index (χ0n) is 55.5. The van der Waals surface area contributed by atoms with Crippen LogP contribution in [0.15, 0.2) is 121 Å². The molecule has 12 heteroatoms. The highest BCUT2D eigenvalue weighted by atomic mass is 16.3. The Bertz CT molecular complexity index is 3290. The number of aromatic amines is 4. The van der Waals surface area contributed by atoms with Crippen molar-refractivity contribution in [1.82, 2.24) is 19.9 Å². The summed E-state index contributed by atoms with van der Waals surface area (Å²) in [6, 6.07) is 36.2. The average molecular weight is 1250 g/mol. The van der Waals surface area contributed by atoms with Crippen molar-refractivity contribution in [2.24, 2.45) is 0 Å². The van der Waals surface area contributed by atoms with Gasteiger partial charge in [0.1, 0.15) is 46.0 Å². The first kappa shape index (κ1) is 68.8. The highest BCUT2D eigenvalue weighted by Crippen LogP contribution is 2.53. The van der Waals surface area contributed by atoms with E-state index in [0.717, 1.165) is 123 Å². The van der Waals surface area contributed by atoms with Crippen molar-refractivity contribution in [3.63, 3.8) is 0 Å². The molecule has 5 heterocycles. The van der Waals surface area contributed by atoms with Crippen LogP contribution < -0.4 is 0 Å². The van der Waals surface area contributed by atoms with Crippen LogP contribution in [-0.2, 0) is 16.2 Å².